The van der Waals surface area contributed by atoms with Gasteiger partial charge in [0, 0.05) is 17.0 Å². The number of rotatable bonds is 5. The van der Waals surface area contributed by atoms with E-state index in [9.17, 15) is 4.39 Å². The molecule has 0 amide bonds. The molecule has 1 aromatic rings. The number of nitrogens with one attached hydrogen (secondary N) is 1. The molecule has 0 aliphatic rings. The Hall–Kier alpha value is -1.04. The fourth-order valence-electron chi connectivity index (χ4n) is 1.12. The molecular formula is C16H27FN2OS. The van der Waals surface area contributed by atoms with E-state index in [1.165, 1.54) is 4.90 Å². The number of hydrogen-bond donors (Lipinski definition) is 2. The van der Waals surface area contributed by atoms with Crippen molar-refractivity contribution in [3.05, 3.63) is 36.2 Å². The largest absolute Gasteiger partial charge is 0.497 e. The lowest BCUT2D eigenvalue weighted by atomic mass is 10.1. The van der Waals surface area contributed by atoms with Gasteiger partial charge >= 0.3 is 0 Å². The number of benzene rings is 1. The summed E-state index contributed by atoms with van der Waals surface area (Å²) in [7, 11) is 1.68. The molecule has 3 N–H and O–H groups in total. The Morgan fingerprint density at radius 2 is 1.90 bits per heavy atom. The lowest BCUT2D eigenvalue weighted by Crippen LogP contribution is -2.29. The van der Waals surface area contributed by atoms with E-state index >= 15 is 0 Å². The summed E-state index contributed by atoms with van der Waals surface area (Å²) in [6.07, 6.45) is 1.28. The maximum absolute atomic E-state index is 11.4. The number of ether oxygens (including phenoxy) is 1. The number of halogens is 1. The number of hydrogen-bond acceptors (Lipinski definition) is 4. The highest BCUT2D eigenvalue weighted by Crippen LogP contribution is 2.20. The van der Waals surface area contributed by atoms with Crippen LogP contribution >= 0.6 is 11.9 Å². The van der Waals surface area contributed by atoms with E-state index in [2.05, 4.69) is 25.5 Å². The van der Waals surface area contributed by atoms with Crippen LogP contribution in [0.3, 0.4) is 0 Å². The molecule has 21 heavy (non-hydrogen) atoms. The molecule has 0 atom stereocenters. The molecule has 0 aromatic heterocycles. The highest BCUT2D eigenvalue weighted by Gasteiger charge is 2.08. The third-order valence-electron chi connectivity index (χ3n) is 2.41. The molecule has 0 aliphatic heterocycles. The van der Waals surface area contributed by atoms with Crippen LogP contribution in [0.5, 0.6) is 5.75 Å². The van der Waals surface area contributed by atoms with Gasteiger partial charge in [0.05, 0.1) is 13.4 Å². The predicted molar refractivity (Wildman–Crippen MR) is 90.3 cm³/mol. The molecule has 0 heterocycles. The van der Waals surface area contributed by atoms with Crippen LogP contribution in [0.15, 0.2) is 41.1 Å². The van der Waals surface area contributed by atoms with Crippen molar-refractivity contribution in [2.24, 2.45) is 5.73 Å². The number of methoxy groups -OCH3 is 1. The lowest BCUT2D eigenvalue weighted by Gasteiger charge is -2.19. The van der Waals surface area contributed by atoms with Crippen molar-refractivity contribution in [1.82, 2.24) is 4.72 Å². The third kappa shape index (κ3) is 10.3. The van der Waals surface area contributed by atoms with Crippen LogP contribution in [0.2, 0.25) is 0 Å². The molecular weight excluding hydrogens is 287 g/mol. The molecule has 0 fully saturated rings. The van der Waals surface area contributed by atoms with Gasteiger partial charge in [0.2, 0.25) is 0 Å². The van der Waals surface area contributed by atoms with E-state index < -0.39 is 0 Å². The monoisotopic (exact) mass is 314 g/mol. The Balaban J connectivity index is 0.000000486. The van der Waals surface area contributed by atoms with Gasteiger partial charge in [0.25, 0.3) is 0 Å². The maximum atomic E-state index is 11.4. The molecule has 1 aromatic carbocycles. The van der Waals surface area contributed by atoms with E-state index in [0.29, 0.717) is 24.9 Å². The fraction of sp³-hybridized carbons (Fsp3) is 0.500. The molecule has 0 spiro atoms. The molecule has 0 aliphatic carbocycles. The first-order valence-corrected chi connectivity index (χ1v) is 7.74. The van der Waals surface area contributed by atoms with Crippen LogP contribution in [0.25, 0.3) is 0 Å². The molecule has 0 bridgehead atoms. The van der Waals surface area contributed by atoms with Crippen molar-refractivity contribution in [2.75, 3.05) is 13.7 Å². The minimum Gasteiger partial charge on any atom is -0.497 e. The van der Waals surface area contributed by atoms with Crippen molar-refractivity contribution in [3.8, 4) is 5.75 Å². The van der Waals surface area contributed by atoms with Gasteiger partial charge in [-0.2, -0.15) is 0 Å². The van der Waals surface area contributed by atoms with Gasteiger partial charge in [-0.15, -0.1) is 0 Å². The van der Waals surface area contributed by atoms with Crippen LogP contribution in [0.1, 0.15) is 34.1 Å². The fourth-order valence-corrected chi connectivity index (χ4v) is 1.82. The van der Waals surface area contributed by atoms with Crippen molar-refractivity contribution >= 4 is 11.9 Å². The second-order valence-corrected chi connectivity index (χ2v) is 6.33. The van der Waals surface area contributed by atoms with Crippen molar-refractivity contribution < 1.29 is 9.13 Å². The molecule has 5 heteroatoms. The zero-order valence-electron chi connectivity index (χ0n) is 13.6. The summed E-state index contributed by atoms with van der Waals surface area (Å²) in [5.41, 5.74) is 5.88. The normalized spacial score (nSPS) is 11.7. The van der Waals surface area contributed by atoms with Crippen molar-refractivity contribution in [3.63, 3.8) is 0 Å². The van der Waals surface area contributed by atoms with Gasteiger partial charge in [-0.05, 0) is 69.0 Å². The first-order chi connectivity index (χ1) is 9.86. The molecule has 120 valence electrons. The highest BCUT2D eigenvalue weighted by molar-refractivity contribution is 7.97. The van der Waals surface area contributed by atoms with Gasteiger partial charge in [0.15, 0.2) is 0 Å². The number of nitrogens with two attached hydrogens (primary N) is 1. The van der Waals surface area contributed by atoms with Gasteiger partial charge in [-0.3, -0.25) is 4.72 Å². The zero-order valence-corrected chi connectivity index (χ0v) is 14.4. The summed E-state index contributed by atoms with van der Waals surface area (Å²) in [6, 6.07) is 8.02. The average molecular weight is 314 g/mol. The topological polar surface area (TPSA) is 47.3 Å². The van der Waals surface area contributed by atoms with Crippen LogP contribution in [-0.4, -0.2) is 19.2 Å². The second-order valence-electron chi connectivity index (χ2n) is 5.45. The van der Waals surface area contributed by atoms with E-state index in [0.717, 1.165) is 5.75 Å². The Morgan fingerprint density at radius 3 is 2.19 bits per heavy atom. The third-order valence-corrected chi connectivity index (χ3v) is 3.63. The van der Waals surface area contributed by atoms with Crippen LogP contribution in [0.4, 0.5) is 4.39 Å². The summed E-state index contributed by atoms with van der Waals surface area (Å²) in [5, 5.41) is 0. The van der Waals surface area contributed by atoms with Crippen LogP contribution in [-0.2, 0) is 0 Å². The smallest absolute Gasteiger partial charge is 0.118 e. The molecule has 1 rings (SSSR count). The van der Waals surface area contributed by atoms with E-state index in [4.69, 9.17) is 10.5 Å². The van der Waals surface area contributed by atoms with E-state index in [1.807, 2.05) is 31.2 Å². The first-order valence-electron chi connectivity index (χ1n) is 6.92. The van der Waals surface area contributed by atoms with E-state index in [-0.39, 0.29) is 5.54 Å². The molecule has 0 saturated heterocycles. The van der Waals surface area contributed by atoms with Crippen LogP contribution < -0.4 is 15.2 Å². The Bertz CT molecular complexity index is 407. The average Bonchev–Trinajstić information content (AvgIpc) is 2.47. The highest BCUT2D eigenvalue weighted by atomic mass is 32.2. The molecule has 0 unspecified atom stereocenters. The molecule has 0 saturated carbocycles. The second kappa shape index (κ2) is 10.7. The Morgan fingerprint density at radius 1 is 1.33 bits per heavy atom. The molecule has 0 radical (unpaired) electrons. The Labute approximate surface area is 132 Å². The van der Waals surface area contributed by atoms with Gasteiger partial charge in [-0.25, -0.2) is 4.39 Å². The predicted octanol–water partition coefficient (Wildman–Crippen LogP) is 4.30. The standard InChI is InChI=1S/C11H17NOS.C5H10FN/c1-11(2,3)12-14-10-7-5-9(13-4)6-8-10;1-2-5(3-6)4-7/h5-8,12H,1-4H3;3H,2,4,7H2,1H3/b;5-3-. The van der Waals surface area contributed by atoms with Crippen molar-refractivity contribution in [2.45, 2.75) is 44.6 Å². The van der Waals surface area contributed by atoms with E-state index in [1.54, 1.807) is 19.1 Å². The van der Waals surface area contributed by atoms with Crippen molar-refractivity contribution in [1.29, 1.82) is 0 Å². The van der Waals surface area contributed by atoms with Crippen LogP contribution in [0, 0.1) is 0 Å². The maximum Gasteiger partial charge on any atom is 0.118 e. The summed E-state index contributed by atoms with van der Waals surface area (Å²) in [4.78, 5) is 1.20. The van der Waals surface area contributed by atoms with Gasteiger partial charge in [0.1, 0.15) is 5.75 Å². The lowest BCUT2D eigenvalue weighted by molar-refractivity contribution is 0.414. The SMILES string of the molecule is CC/C(=C/F)CN.COc1ccc(SNC(C)(C)C)cc1. The summed E-state index contributed by atoms with van der Waals surface area (Å²) < 4.78 is 19.9. The zero-order chi connectivity index (χ0) is 16.3. The summed E-state index contributed by atoms with van der Waals surface area (Å²) in [6.45, 7) is 8.64. The first kappa shape index (κ1) is 20.0. The minimum absolute atomic E-state index is 0.130. The van der Waals surface area contributed by atoms with Gasteiger partial charge < -0.3 is 10.5 Å². The summed E-state index contributed by atoms with van der Waals surface area (Å²) in [5.74, 6) is 0.894. The Kier molecular flexibility index (Phi) is 10.1. The van der Waals surface area contributed by atoms with Gasteiger partial charge in [-0.1, -0.05) is 6.92 Å². The quantitative estimate of drug-likeness (QED) is 0.796. The summed E-state index contributed by atoms with van der Waals surface area (Å²) >= 11 is 1.64. The molecule has 3 nitrogen and oxygen atoms in total. The minimum atomic E-state index is 0.130.